The normalized spacial score (nSPS) is 22.4. The van der Waals surface area contributed by atoms with Crippen molar-refractivity contribution in [1.29, 1.82) is 0 Å². The molecule has 0 atom stereocenters. The fourth-order valence-electron chi connectivity index (χ4n) is 4.22. The molecule has 1 aliphatic heterocycles. The summed E-state index contributed by atoms with van der Waals surface area (Å²) < 4.78 is 0. The van der Waals surface area contributed by atoms with Gasteiger partial charge in [-0.2, -0.15) is 0 Å². The van der Waals surface area contributed by atoms with E-state index < -0.39 is 5.91 Å². The molecule has 1 aliphatic carbocycles. The molecule has 3 N–H and O–H groups in total. The van der Waals surface area contributed by atoms with Gasteiger partial charge in [0.25, 0.3) is 0 Å². The predicted molar refractivity (Wildman–Crippen MR) is 113 cm³/mol. The van der Waals surface area contributed by atoms with E-state index in [4.69, 9.17) is 17.3 Å². The molecule has 2 amide bonds. The van der Waals surface area contributed by atoms with Gasteiger partial charge in [0.2, 0.25) is 17.9 Å². The zero-order chi connectivity index (χ0) is 21.1. The van der Waals surface area contributed by atoms with Crippen LogP contribution >= 0.6 is 0 Å². The van der Waals surface area contributed by atoms with Crippen molar-refractivity contribution in [2.45, 2.75) is 31.7 Å². The summed E-state index contributed by atoms with van der Waals surface area (Å²) in [6.07, 6.45) is 9.70. The number of anilines is 1. The number of piperazine rings is 1. The minimum Gasteiger partial charge on any atom is -0.366 e. The first-order valence-corrected chi connectivity index (χ1v) is 10.3. The van der Waals surface area contributed by atoms with Gasteiger partial charge in [0, 0.05) is 62.8 Å². The first kappa shape index (κ1) is 19.9. The third-order valence-corrected chi connectivity index (χ3v) is 5.97. The molecule has 0 bridgehead atoms. The van der Waals surface area contributed by atoms with Gasteiger partial charge in [-0.1, -0.05) is 0 Å². The Bertz CT molecular complexity index is 1010. The molecule has 1 saturated carbocycles. The second-order valence-electron chi connectivity index (χ2n) is 7.85. The van der Waals surface area contributed by atoms with Crippen LogP contribution in [0.2, 0.25) is 0 Å². The van der Waals surface area contributed by atoms with Crippen LogP contribution in [0.3, 0.4) is 0 Å². The fraction of sp³-hybridized carbons (Fsp3) is 0.476. The van der Waals surface area contributed by atoms with Crippen molar-refractivity contribution in [2.24, 2.45) is 11.7 Å². The molecule has 3 heterocycles. The lowest BCUT2D eigenvalue weighted by Crippen LogP contribution is -2.51. The van der Waals surface area contributed by atoms with Gasteiger partial charge in [-0.25, -0.2) is 16.5 Å². The Hall–Kier alpha value is -3.41. The van der Waals surface area contributed by atoms with Gasteiger partial charge in [0.1, 0.15) is 11.3 Å². The van der Waals surface area contributed by atoms with Crippen LogP contribution in [0.5, 0.6) is 0 Å². The van der Waals surface area contributed by atoms with Crippen molar-refractivity contribution in [3.05, 3.63) is 35.5 Å². The molecular weight excluding hydrogens is 382 g/mol. The summed E-state index contributed by atoms with van der Waals surface area (Å²) in [4.78, 5) is 43.7. The number of primary amides is 1. The maximum Gasteiger partial charge on any atom is 0.241 e. The third kappa shape index (κ3) is 4.13. The van der Waals surface area contributed by atoms with Crippen molar-refractivity contribution >= 4 is 34.9 Å². The van der Waals surface area contributed by atoms with Gasteiger partial charge in [-0.15, -0.1) is 0 Å². The maximum absolute atomic E-state index is 12.9. The molecule has 2 aromatic rings. The number of amides is 2. The summed E-state index contributed by atoms with van der Waals surface area (Å²) in [6, 6.07) is 0.0931. The van der Waals surface area contributed by atoms with Crippen LogP contribution in [-0.4, -0.2) is 63.9 Å². The molecule has 2 aromatic heterocycles. The van der Waals surface area contributed by atoms with E-state index in [1.807, 2.05) is 4.90 Å². The Kier molecular flexibility index (Phi) is 5.65. The van der Waals surface area contributed by atoms with Gasteiger partial charge in [-0.05, 0) is 18.9 Å². The zero-order valence-corrected chi connectivity index (χ0v) is 16.8. The van der Waals surface area contributed by atoms with Crippen molar-refractivity contribution in [2.75, 3.05) is 31.1 Å². The Morgan fingerprint density at radius 2 is 1.93 bits per heavy atom. The lowest BCUT2D eigenvalue weighted by Gasteiger charge is -2.37. The van der Waals surface area contributed by atoms with Gasteiger partial charge in [0.05, 0.1) is 6.20 Å². The van der Waals surface area contributed by atoms with Crippen molar-refractivity contribution < 1.29 is 9.59 Å². The minimum absolute atomic E-state index is 0.0603. The second kappa shape index (κ2) is 8.53. The van der Waals surface area contributed by atoms with Gasteiger partial charge in [0.15, 0.2) is 5.65 Å². The first-order valence-electron chi connectivity index (χ1n) is 10.3. The van der Waals surface area contributed by atoms with Crippen LogP contribution in [0.15, 0.2) is 18.5 Å². The third-order valence-electron chi connectivity index (χ3n) is 5.97. The quantitative estimate of drug-likeness (QED) is 0.590. The Balaban J connectivity index is 1.40. The molecule has 0 spiro atoms. The molecule has 30 heavy (non-hydrogen) atoms. The summed E-state index contributed by atoms with van der Waals surface area (Å²) in [6.45, 7) is 9.85. The first-order chi connectivity index (χ1) is 14.5. The Morgan fingerprint density at radius 3 is 2.60 bits per heavy atom. The summed E-state index contributed by atoms with van der Waals surface area (Å²) in [7, 11) is 0. The molecule has 0 radical (unpaired) electrons. The van der Waals surface area contributed by atoms with E-state index in [0.29, 0.717) is 37.3 Å². The van der Waals surface area contributed by atoms with Gasteiger partial charge < -0.3 is 25.4 Å². The smallest absolute Gasteiger partial charge is 0.241 e. The number of nitrogens with zero attached hydrogens (tertiary/aromatic N) is 5. The molecule has 2 aliphatic rings. The van der Waals surface area contributed by atoms with Crippen molar-refractivity contribution in [1.82, 2.24) is 19.9 Å². The maximum atomic E-state index is 12.9. The molecular formula is C21H25N7O2. The van der Waals surface area contributed by atoms with Crippen LogP contribution in [0.4, 0.5) is 5.82 Å². The molecule has 2 fully saturated rings. The summed E-state index contributed by atoms with van der Waals surface area (Å²) in [5.41, 5.74) is 7.26. The topological polar surface area (TPSA) is 113 Å². The zero-order valence-electron chi connectivity index (χ0n) is 16.8. The number of nitrogens with one attached hydrogen (secondary N) is 1. The van der Waals surface area contributed by atoms with E-state index in [2.05, 4.69) is 19.7 Å². The van der Waals surface area contributed by atoms with E-state index in [9.17, 15) is 9.59 Å². The highest BCUT2D eigenvalue weighted by atomic mass is 16.2. The number of fused-ring (bicyclic) bond motifs is 1. The largest absolute Gasteiger partial charge is 0.366 e. The van der Waals surface area contributed by atoms with Crippen LogP contribution in [0.1, 0.15) is 31.2 Å². The summed E-state index contributed by atoms with van der Waals surface area (Å²) in [5, 5.41) is 0. The molecule has 1 saturated heterocycles. The average Bonchev–Trinajstić information content (AvgIpc) is 3.19. The highest BCUT2D eigenvalue weighted by Crippen LogP contribution is 2.28. The van der Waals surface area contributed by atoms with E-state index in [1.165, 1.54) is 6.08 Å². The molecule has 4 rings (SSSR count). The van der Waals surface area contributed by atoms with Crippen molar-refractivity contribution in [3.8, 4) is 0 Å². The monoisotopic (exact) mass is 407 g/mol. The minimum atomic E-state index is -0.517. The number of carbonyl (C=O) groups is 2. The number of hydrogen-bond donors (Lipinski definition) is 2. The van der Waals surface area contributed by atoms with E-state index in [0.717, 1.165) is 37.1 Å². The SMILES string of the molecule is [C-]#[N+]C1CCC(C(=O)N2CCN(c3cnc4[nH]cc(/C=C/C(N)=O)c4n3)CC2)CC1. The van der Waals surface area contributed by atoms with Crippen LogP contribution in [0.25, 0.3) is 22.1 Å². The summed E-state index contributed by atoms with van der Waals surface area (Å²) in [5.74, 6) is 0.520. The predicted octanol–water partition coefficient (Wildman–Crippen LogP) is 1.58. The lowest BCUT2D eigenvalue weighted by molar-refractivity contribution is -0.136. The van der Waals surface area contributed by atoms with Crippen LogP contribution in [0, 0.1) is 12.5 Å². The number of rotatable bonds is 4. The van der Waals surface area contributed by atoms with Gasteiger partial charge in [-0.3, -0.25) is 9.59 Å². The standard InChI is InChI=1S/C21H25N7O2/c1-23-16-5-2-14(3-6-16)21(30)28-10-8-27(9-11-28)18-13-25-20-19(26-18)15(12-24-20)4-7-17(22)29/h4,7,12-14,16H,2-3,5-6,8-11H2,(H2,22,29)(H,24,25)/b7-4+. The molecule has 0 aromatic carbocycles. The lowest BCUT2D eigenvalue weighted by atomic mass is 9.85. The number of aromatic amines is 1. The highest BCUT2D eigenvalue weighted by molar-refractivity contribution is 5.93. The number of carbonyl (C=O) groups excluding carboxylic acids is 2. The number of nitrogens with two attached hydrogens (primary N) is 1. The fourth-order valence-corrected chi connectivity index (χ4v) is 4.22. The second-order valence-corrected chi connectivity index (χ2v) is 7.85. The number of H-pyrrole nitrogens is 1. The number of hydrogen-bond acceptors (Lipinski definition) is 5. The van der Waals surface area contributed by atoms with E-state index in [-0.39, 0.29) is 17.9 Å². The molecule has 0 unspecified atom stereocenters. The average molecular weight is 407 g/mol. The molecule has 156 valence electrons. The summed E-state index contributed by atoms with van der Waals surface area (Å²) >= 11 is 0. The highest BCUT2D eigenvalue weighted by Gasteiger charge is 2.33. The molecule has 9 heteroatoms. The van der Waals surface area contributed by atoms with E-state index in [1.54, 1.807) is 18.5 Å². The number of aromatic nitrogens is 3. The van der Waals surface area contributed by atoms with E-state index >= 15 is 0 Å². The van der Waals surface area contributed by atoms with Gasteiger partial charge >= 0.3 is 0 Å². The Labute approximate surface area is 174 Å². The van der Waals surface area contributed by atoms with Crippen molar-refractivity contribution in [3.63, 3.8) is 0 Å². The van der Waals surface area contributed by atoms with Crippen LogP contribution < -0.4 is 10.6 Å². The van der Waals surface area contributed by atoms with Crippen LogP contribution in [-0.2, 0) is 9.59 Å². The molecule has 9 nitrogen and oxygen atoms in total. The Morgan fingerprint density at radius 1 is 1.20 bits per heavy atom.